The fraction of sp³-hybridized carbons (Fsp3) is 0.438. The number of rotatable bonds is 9. The number of carboxylic acid groups (broad SMARTS) is 1. The predicted octanol–water partition coefficient (Wildman–Crippen LogP) is -0.0485. The Morgan fingerprint density at radius 1 is 1.21 bits per heavy atom. The fourth-order valence-corrected chi connectivity index (χ4v) is 2.19. The van der Waals surface area contributed by atoms with Crippen molar-refractivity contribution in [2.24, 2.45) is 0 Å². The number of hydrogen-bond donors (Lipinski definition) is 2. The van der Waals surface area contributed by atoms with Crippen LogP contribution in [0.1, 0.15) is 6.42 Å². The smallest absolute Gasteiger partial charge is 0.354 e. The summed E-state index contributed by atoms with van der Waals surface area (Å²) in [6.07, 6.45) is 3.62. The van der Waals surface area contributed by atoms with E-state index in [1.54, 1.807) is 0 Å². The van der Waals surface area contributed by atoms with Gasteiger partial charge in [-0.15, -0.1) is 0 Å². The molecule has 0 spiro atoms. The van der Waals surface area contributed by atoms with E-state index < -0.39 is 17.8 Å². The minimum Gasteiger partial charge on any atom is -0.477 e. The van der Waals surface area contributed by atoms with Crippen molar-refractivity contribution in [2.75, 3.05) is 39.4 Å². The molecule has 8 heteroatoms. The lowest BCUT2D eigenvalue weighted by molar-refractivity contribution is -0.138. The van der Waals surface area contributed by atoms with Crippen molar-refractivity contribution < 1.29 is 24.2 Å². The maximum atomic E-state index is 12.0. The Morgan fingerprint density at radius 2 is 1.88 bits per heavy atom. The highest BCUT2D eigenvalue weighted by atomic mass is 16.5. The Labute approximate surface area is 141 Å². The Bertz CT molecular complexity index is 524. The molecular formula is C16H23N3O5. The van der Waals surface area contributed by atoms with Crippen molar-refractivity contribution in [2.45, 2.75) is 6.42 Å². The Hall–Kier alpha value is -2.45. The Kier molecular flexibility index (Phi) is 8.45. The lowest BCUT2D eigenvalue weighted by Gasteiger charge is -2.28. The first-order chi connectivity index (χ1) is 11.5. The topological polar surface area (TPSA) is 99.2 Å². The monoisotopic (exact) mass is 337 g/mol. The van der Waals surface area contributed by atoms with Gasteiger partial charge in [0.05, 0.1) is 13.2 Å². The summed E-state index contributed by atoms with van der Waals surface area (Å²) in [4.78, 5) is 37.9. The van der Waals surface area contributed by atoms with Gasteiger partial charge in [-0.1, -0.05) is 13.2 Å². The van der Waals surface area contributed by atoms with Crippen LogP contribution in [0.5, 0.6) is 0 Å². The van der Waals surface area contributed by atoms with E-state index in [1.807, 2.05) is 0 Å². The van der Waals surface area contributed by atoms with E-state index in [0.717, 1.165) is 42.9 Å². The minimum atomic E-state index is -1.32. The number of carbonyl (C=O) groups is 3. The zero-order valence-electron chi connectivity index (χ0n) is 13.6. The number of morpholine rings is 1. The van der Waals surface area contributed by atoms with E-state index in [1.165, 1.54) is 0 Å². The molecule has 1 aliphatic heterocycles. The van der Waals surface area contributed by atoms with Crippen molar-refractivity contribution in [3.8, 4) is 0 Å². The molecular weight excluding hydrogens is 314 g/mol. The molecule has 1 heterocycles. The van der Waals surface area contributed by atoms with Crippen molar-refractivity contribution in [3.05, 3.63) is 37.2 Å². The molecule has 0 aromatic carbocycles. The first-order valence-corrected chi connectivity index (χ1v) is 7.60. The average molecular weight is 337 g/mol. The van der Waals surface area contributed by atoms with E-state index in [2.05, 4.69) is 23.4 Å². The van der Waals surface area contributed by atoms with Crippen LogP contribution < -0.4 is 5.32 Å². The lowest BCUT2D eigenvalue weighted by Crippen LogP contribution is -2.39. The van der Waals surface area contributed by atoms with Crippen LogP contribution in [0.2, 0.25) is 0 Å². The van der Waals surface area contributed by atoms with Gasteiger partial charge in [0.2, 0.25) is 5.91 Å². The summed E-state index contributed by atoms with van der Waals surface area (Å²) in [7, 11) is 0. The normalized spacial score (nSPS) is 15.4. The lowest BCUT2D eigenvalue weighted by atomic mass is 10.2. The SMILES string of the molecule is C=CC(=O)NC=C(C(=O)O)N(CCCN1CCOCC1)C(=O)C=C. The van der Waals surface area contributed by atoms with Crippen molar-refractivity contribution in [1.82, 2.24) is 15.1 Å². The van der Waals surface area contributed by atoms with Crippen LogP contribution in [-0.2, 0) is 19.1 Å². The summed E-state index contributed by atoms with van der Waals surface area (Å²) in [5.41, 5.74) is -0.322. The highest BCUT2D eigenvalue weighted by Crippen LogP contribution is 2.08. The minimum absolute atomic E-state index is 0.199. The molecule has 0 saturated carbocycles. The number of carboxylic acids is 1. The Balaban J connectivity index is 2.74. The summed E-state index contributed by atoms with van der Waals surface area (Å²) in [6.45, 7) is 10.6. The van der Waals surface area contributed by atoms with E-state index >= 15 is 0 Å². The summed E-state index contributed by atoms with van der Waals surface area (Å²) < 4.78 is 5.26. The van der Waals surface area contributed by atoms with Crippen LogP contribution in [-0.4, -0.2) is 72.1 Å². The van der Waals surface area contributed by atoms with Crippen LogP contribution >= 0.6 is 0 Å². The maximum absolute atomic E-state index is 12.0. The highest BCUT2D eigenvalue weighted by molar-refractivity contribution is 5.97. The summed E-state index contributed by atoms with van der Waals surface area (Å²) in [5.74, 6) is -2.42. The number of carbonyl (C=O) groups excluding carboxylic acids is 2. The molecule has 0 atom stereocenters. The molecule has 1 fully saturated rings. The fourth-order valence-electron chi connectivity index (χ4n) is 2.19. The molecule has 132 valence electrons. The number of aliphatic carboxylic acids is 1. The van der Waals surface area contributed by atoms with Gasteiger partial charge in [-0.2, -0.15) is 0 Å². The van der Waals surface area contributed by atoms with Gasteiger partial charge in [-0.05, 0) is 18.6 Å². The van der Waals surface area contributed by atoms with Gasteiger partial charge < -0.3 is 20.1 Å². The molecule has 1 aliphatic rings. The molecule has 1 rings (SSSR count). The van der Waals surface area contributed by atoms with Gasteiger partial charge in [-0.3, -0.25) is 14.5 Å². The predicted molar refractivity (Wildman–Crippen MR) is 87.8 cm³/mol. The average Bonchev–Trinajstić information content (AvgIpc) is 2.60. The molecule has 0 radical (unpaired) electrons. The molecule has 0 aromatic rings. The zero-order valence-corrected chi connectivity index (χ0v) is 13.6. The van der Waals surface area contributed by atoms with Gasteiger partial charge in [0.15, 0.2) is 0 Å². The molecule has 24 heavy (non-hydrogen) atoms. The quantitative estimate of drug-likeness (QED) is 0.573. The number of amides is 2. The molecule has 2 N–H and O–H groups in total. The van der Waals surface area contributed by atoms with E-state index in [4.69, 9.17) is 4.74 Å². The second-order valence-electron chi connectivity index (χ2n) is 5.05. The van der Waals surface area contributed by atoms with Crippen molar-refractivity contribution >= 4 is 17.8 Å². The highest BCUT2D eigenvalue weighted by Gasteiger charge is 2.22. The van der Waals surface area contributed by atoms with E-state index in [0.29, 0.717) is 19.6 Å². The molecule has 1 saturated heterocycles. The second kappa shape index (κ2) is 10.3. The van der Waals surface area contributed by atoms with Gasteiger partial charge in [0, 0.05) is 32.4 Å². The first-order valence-electron chi connectivity index (χ1n) is 7.60. The van der Waals surface area contributed by atoms with Gasteiger partial charge in [0.1, 0.15) is 5.70 Å². The third-order valence-corrected chi connectivity index (χ3v) is 3.45. The van der Waals surface area contributed by atoms with Crippen LogP contribution in [0.15, 0.2) is 37.2 Å². The molecule has 0 aliphatic carbocycles. The third kappa shape index (κ3) is 6.35. The number of nitrogens with one attached hydrogen (secondary N) is 1. The molecule has 2 amide bonds. The zero-order chi connectivity index (χ0) is 17.9. The van der Waals surface area contributed by atoms with Gasteiger partial charge in [-0.25, -0.2) is 4.79 Å². The van der Waals surface area contributed by atoms with E-state index in [-0.39, 0.29) is 12.2 Å². The van der Waals surface area contributed by atoms with Gasteiger partial charge in [0.25, 0.3) is 5.91 Å². The summed E-state index contributed by atoms with van der Waals surface area (Å²) >= 11 is 0. The van der Waals surface area contributed by atoms with Crippen LogP contribution in [0.25, 0.3) is 0 Å². The Morgan fingerprint density at radius 3 is 2.42 bits per heavy atom. The standard InChI is InChI=1S/C16H23N3O5/c1-3-14(20)17-12-13(16(22)23)19(15(21)4-2)7-5-6-18-8-10-24-11-9-18/h3-4,12H,1-2,5-11H2,(H,17,20)(H,22,23). The number of ether oxygens (including phenoxy) is 1. The second-order valence-corrected chi connectivity index (χ2v) is 5.05. The van der Waals surface area contributed by atoms with Crippen LogP contribution in [0, 0.1) is 0 Å². The summed E-state index contributed by atoms with van der Waals surface area (Å²) in [6, 6.07) is 0. The summed E-state index contributed by atoms with van der Waals surface area (Å²) in [5, 5.41) is 11.6. The molecule has 0 bridgehead atoms. The van der Waals surface area contributed by atoms with Crippen LogP contribution in [0.3, 0.4) is 0 Å². The van der Waals surface area contributed by atoms with Crippen molar-refractivity contribution in [3.63, 3.8) is 0 Å². The molecule has 0 unspecified atom stereocenters. The van der Waals surface area contributed by atoms with E-state index in [9.17, 15) is 19.5 Å². The molecule has 0 aromatic heterocycles. The largest absolute Gasteiger partial charge is 0.477 e. The molecule has 8 nitrogen and oxygen atoms in total. The van der Waals surface area contributed by atoms with Crippen molar-refractivity contribution in [1.29, 1.82) is 0 Å². The van der Waals surface area contributed by atoms with Crippen LogP contribution in [0.4, 0.5) is 0 Å². The first kappa shape index (κ1) is 19.6. The maximum Gasteiger partial charge on any atom is 0.354 e. The number of hydrogen-bond acceptors (Lipinski definition) is 5. The van der Waals surface area contributed by atoms with Gasteiger partial charge >= 0.3 is 5.97 Å². The third-order valence-electron chi connectivity index (χ3n) is 3.45. The number of nitrogens with zero attached hydrogens (tertiary/aromatic N) is 2.